The summed E-state index contributed by atoms with van der Waals surface area (Å²) < 4.78 is 5.73. The Labute approximate surface area is 144 Å². The number of ether oxygens (including phenoxy) is 1. The quantitative estimate of drug-likeness (QED) is 0.890. The van der Waals surface area contributed by atoms with Crippen LogP contribution < -0.4 is 10.6 Å². The van der Waals surface area contributed by atoms with Gasteiger partial charge in [-0.2, -0.15) is 0 Å². The minimum absolute atomic E-state index is 0. The summed E-state index contributed by atoms with van der Waals surface area (Å²) >= 11 is 0. The molecular formula is C18H27ClN2O2. The van der Waals surface area contributed by atoms with Crippen molar-refractivity contribution in [1.29, 1.82) is 0 Å². The molecule has 0 aromatic heterocycles. The summed E-state index contributed by atoms with van der Waals surface area (Å²) in [7, 11) is 0. The summed E-state index contributed by atoms with van der Waals surface area (Å²) in [6.45, 7) is 6.84. The molecule has 0 spiro atoms. The molecule has 1 saturated heterocycles. The van der Waals surface area contributed by atoms with E-state index in [-0.39, 0.29) is 23.7 Å². The third-order valence-electron chi connectivity index (χ3n) is 5.04. The van der Waals surface area contributed by atoms with Gasteiger partial charge in [0.05, 0.1) is 6.61 Å². The lowest BCUT2D eigenvalue weighted by Crippen LogP contribution is -2.53. The summed E-state index contributed by atoms with van der Waals surface area (Å²) in [4.78, 5) is 12.6. The SMILES string of the molecule is CC1(C)CCCNC1CNC(=O)C1OCCc2ccccc21.Cl. The van der Waals surface area contributed by atoms with E-state index in [1.165, 1.54) is 18.4 Å². The van der Waals surface area contributed by atoms with E-state index in [1.807, 2.05) is 18.2 Å². The summed E-state index contributed by atoms with van der Waals surface area (Å²) in [5.41, 5.74) is 2.46. The fourth-order valence-electron chi connectivity index (χ4n) is 3.53. The van der Waals surface area contributed by atoms with Gasteiger partial charge >= 0.3 is 0 Å². The topological polar surface area (TPSA) is 50.4 Å². The summed E-state index contributed by atoms with van der Waals surface area (Å²) in [5, 5.41) is 6.62. The smallest absolute Gasteiger partial charge is 0.253 e. The first kappa shape index (κ1) is 18.2. The Balaban J connectivity index is 0.00000192. The van der Waals surface area contributed by atoms with Crippen molar-refractivity contribution in [1.82, 2.24) is 10.6 Å². The Morgan fingerprint density at radius 1 is 1.39 bits per heavy atom. The van der Waals surface area contributed by atoms with Crippen LogP contribution in [0.5, 0.6) is 0 Å². The fourth-order valence-corrected chi connectivity index (χ4v) is 3.53. The van der Waals surface area contributed by atoms with E-state index in [9.17, 15) is 4.79 Å². The van der Waals surface area contributed by atoms with Gasteiger partial charge in [-0.3, -0.25) is 4.79 Å². The Hall–Kier alpha value is -1.10. The lowest BCUT2D eigenvalue weighted by Gasteiger charge is -2.39. The molecule has 1 amide bonds. The highest BCUT2D eigenvalue weighted by Gasteiger charge is 2.33. The lowest BCUT2D eigenvalue weighted by atomic mass is 9.77. The molecule has 5 heteroatoms. The van der Waals surface area contributed by atoms with E-state index in [0.717, 1.165) is 18.5 Å². The zero-order valence-corrected chi connectivity index (χ0v) is 14.7. The molecule has 0 radical (unpaired) electrons. The molecule has 1 aromatic carbocycles. The second kappa shape index (κ2) is 7.65. The highest BCUT2D eigenvalue weighted by Crippen LogP contribution is 2.30. The van der Waals surface area contributed by atoms with Gasteiger partial charge in [0.25, 0.3) is 5.91 Å². The minimum atomic E-state index is -0.461. The maximum absolute atomic E-state index is 12.6. The van der Waals surface area contributed by atoms with E-state index in [1.54, 1.807) is 0 Å². The highest BCUT2D eigenvalue weighted by atomic mass is 35.5. The normalized spacial score (nSPS) is 25.8. The van der Waals surface area contributed by atoms with E-state index in [2.05, 4.69) is 30.5 Å². The lowest BCUT2D eigenvalue weighted by molar-refractivity contribution is -0.134. The van der Waals surface area contributed by atoms with Crippen molar-refractivity contribution in [2.24, 2.45) is 5.41 Å². The molecule has 0 saturated carbocycles. The summed E-state index contributed by atoms with van der Waals surface area (Å²) in [5.74, 6) is -0.0182. The van der Waals surface area contributed by atoms with Gasteiger partial charge in [0.1, 0.15) is 0 Å². The molecule has 2 aliphatic heterocycles. The van der Waals surface area contributed by atoms with Crippen LogP contribution in [0.25, 0.3) is 0 Å². The third-order valence-corrected chi connectivity index (χ3v) is 5.04. The average Bonchev–Trinajstić information content (AvgIpc) is 2.52. The second-order valence-electron chi connectivity index (χ2n) is 7.04. The van der Waals surface area contributed by atoms with Crippen LogP contribution in [-0.4, -0.2) is 31.6 Å². The van der Waals surface area contributed by atoms with Gasteiger partial charge in [-0.05, 0) is 42.3 Å². The Morgan fingerprint density at radius 3 is 2.96 bits per heavy atom. The number of nitrogens with one attached hydrogen (secondary N) is 2. The van der Waals surface area contributed by atoms with Gasteiger partial charge < -0.3 is 15.4 Å². The largest absolute Gasteiger partial charge is 0.363 e. The minimum Gasteiger partial charge on any atom is -0.363 e. The van der Waals surface area contributed by atoms with Crippen LogP contribution in [0.3, 0.4) is 0 Å². The van der Waals surface area contributed by atoms with Gasteiger partial charge in [-0.15, -0.1) is 12.4 Å². The van der Waals surface area contributed by atoms with Crippen LogP contribution in [0.1, 0.15) is 43.9 Å². The van der Waals surface area contributed by atoms with E-state index in [0.29, 0.717) is 19.2 Å². The van der Waals surface area contributed by atoms with Crippen molar-refractivity contribution >= 4 is 18.3 Å². The molecule has 2 heterocycles. The number of carbonyl (C=O) groups is 1. The predicted molar refractivity (Wildman–Crippen MR) is 93.9 cm³/mol. The van der Waals surface area contributed by atoms with Crippen LogP contribution in [0.15, 0.2) is 24.3 Å². The third kappa shape index (κ3) is 4.06. The number of hydrogen-bond donors (Lipinski definition) is 2. The first-order chi connectivity index (χ1) is 10.6. The van der Waals surface area contributed by atoms with Gasteiger partial charge in [-0.25, -0.2) is 0 Å². The van der Waals surface area contributed by atoms with Crippen molar-refractivity contribution in [3.05, 3.63) is 35.4 Å². The standard InChI is InChI=1S/C18H26N2O2.ClH/c1-18(2)9-5-10-19-15(18)12-20-17(21)16-14-7-4-3-6-13(14)8-11-22-16;/h3-4,6-7,15-16,19H,5,8-12H2,1-2H3,(H,20,21);1H. The highest BCUT2D eigenvalue weighted by molar-refractivity contribution is 5.85. The fraction of sp³-hybridized carbons (Fsp3) is 0.611. The zero-order chi connectivity index (χ0) is 15.6. The van der Waals surface area contributed by atoms with Crippen molar-refractivity contribution < 1.29 is 9.53 Å². The number of amides is 1. The molecule has 2 N–H and O–H groups in total. The predicted octanol–water partition coefficient (Wildman–Crippen LogP) is 2.62. The molecule has 3 rings (SSSR count). The number of carbonyl (C=O) groups excluding carboxylic acids is 1. The van der Waals surface area contributed by atoms with Crippen LogP contribution in [0, 0.1) is 5.41 Å². The first-order valence-electron chi connectivity index (χ1n) is 8.28. The van der Waals surface area contributed by atoms with E-state index < -0.39 is 6.10 Å². The molecular weight excluding hydrogens is 312 g/mol. The molecule has 2 atom stereocenters. The molecule has 0 aliphatic carbocycles. The maximum atomic E-state index is 12.6. The molecule has 4 nitrogen and oxygen atoms in total. The molecule has 23 heavy (non-hydrogen) atoms. The molecule has 1 fully saturated rings. The van der Waals surface area contributed by atoms with E-state index in [4.69, 9.17) is 4.74 Å². The Morgan fingerprint density at radius 2 is 2.17 bits per heavy atom. The number of rotatable bonds is 3. The summed E-state index contributed by atoms with van der Waals surface area (Å²) in [6, 6.07) is 8.41. The van der Waals surface area contributed by atoms with Gasteiger partial charge in [0.15, 0.2) is 6.10 Å². The number of halogens is 1. The monoisotopic (exact) mass is 338 g/mol. The number of piperidine rings is 1. The van der Waals surface area contributed by atoms with Crippen molar-refractivity contribution in [3.63, 3.8) is 0 Å². The molecule has 2 aliphatic rings. The average molecular weight is 339 g/mol. The number of benzene rings is 1. The summed E-state index contributed by atoms with van der Waals surface area (Å²) in [6.07, 6.45) is 2.83. The van der Waals surface area contributed by atoms with Crippen molar-refractivity contribution in [3.8, 4) is 0 Å². The van der Waals surface area contributed by atoms with Crippen LogP contribution in [-0.2, 0) is 16.0 Å². The zero-order valence-electron chi connectivity index (χ0n) is 13.9. The Kier molecular flexibility index (Phi) is 6.06. The Bertz CT molecular complexity index is 548. The van der Waals surface area contributed by atoms with Crippen LogP contribution >= 0.6 is 12.4 Å². The number of fused-ring (bicyclic) bond motifs is 1. The first-order valence-corrected chi connectivity index (χ1v) is 8.28. The second-order valence-corrected chi connectivity index (χ2v) is 7.04. The van der Waals surface area contributed by atoms with E-state index >= 15 is 0 Å². The van der Waals surface area contributed by atoms with Crippen molar-refractivity contribution in [2.45, 2.75) is 45.3 Å². The van der Waals surface area contributed by atoms with Crippen molar-refractivity contribution in [2.75, 3.05) is 19.7 Å². The van der Waals surface area contributed by atoms with Gasteiger partial charge in [0.2, 0.25) is 0 Å². The molecule has 1 aromatic rings. The van der Waals surface area contributed by atoms with Gasteiger partial charge in [0, 0.05) is 12.6 Å². The molecule has 128 valence electrons. The molecule has 0 bridgehead atoms. The maximum Gasteiger partial charge on any atom is 0.253 e. The van der Waals surface area contributed by atoms with Crippen LogP contribution in [0.4, 0.5) is 0 Å². The van der Waals surface area contributed by atoms with Crippen LogP contribution in [0.2, 0.25) is 0 Å². The van der Waals surface area contributed by atoms with Gasteiger partial charge in [-0.1, -0.05) is 38.1 Å². The number of hydrogen-bond acceptors (Lipinski definition) is 3. The molecule has 2 unspecified atom stereocenters.